The fraction of sp³-hybridized carbons (Fsp3) is 0.458. The van der Waals surface area contributed by atoms with E-state index in [9.17, 15) is 19.5 Å². The maximum Gasteiger partial charge on any atom is 0.312 e. The highest BCUT2D eigenvalue weighted by Gasteiger charge is 2.71. The summed E-state index contributed by atoms with van der Waals surface area (Å²) >= 11 is 0. The summed E-state index contributed by atoms with van der Waals surface area (Å²) in [5.41, 5.74) is 0.144. The summed E-state index contributed by atoms with van der Waals surface area (Å²) < 4.78 is 13.5. The maximum atomic E-state index is 14.0. The predicted molar refractivity (Wildman–Crippen MR) is 120 cm³/mol. The van der Waals surface area contributed by atoms with Crippen LogP contribution in [0, 0.1) is 11.8 Å². The number of carbonyl (C=O) groups excluding carboxylic acids is 3. The molecule has 4 aliphatic heterocycles. The van der Waals surface area contributed by atoms with Crippen molar-refractivity contribution in [1.82, 2.24) is 24.8 Å². The number of fused-ring (bicyclic) bond motifs is 3. The van der Waals surface area contributed by atoms with Gasteiger partial charge in [0.1, 0.15) is 29.7 Å². The van der Waals surface area contributed by atoms with Crippen LogP contribution in [0.4, 0.5) is 0 Å². The third kappa shape index (κ3) is 3.22. The standard InChI is InChI=1S/C24H25N5O6/c30-12-11-28-20-22(32)27(14-29-16-7-2-1-6-15(16)25-26-29)10-5-9-24(20)19(21(28)31)18-17(35-24)8-3-4-13-34-23(18)33/h1-3,5-9,17-20,30H,4,10-14H2/t17-,18+,19-,20?,24-/m0/s1. The van der Waals surface area contributed by atoms with Gasteiger partial charge in [-0.2, -0.15) is 0 Å². The molecule has 1 aromatic heterocycles. The van der Waals surface area contributed by atoms with Gasteiger partial charge in [0.05, 0.1) is 30.8 Å². The lowest BCUT2D eigenvalue weighted by Gasteiger charge is -2.35. The van der Waals surface area contributed by atoms with Crippen LogP contribution >= 0.6 is 0 Å². The van der Waals surface area contributed by atoms with Gasteiger partial charge >= 0.3 is 5.97 Å². The van der Waals surface area contributed by atoms with E-state index in [1.165, 1.54) is 4.90 Å². The van der Waals surface area contributed by atoms with Crippen LogP contribution in [0.1, 0.15) is 6.42 Å². The molecule has 35 heavy (non-hydrogen) atoms. The molecule has 2 fully saturated rings. The number of hydrogen-bond acceptors (Lipinski definition) is 8. The van der Waals surface area contributed by atoms with Crippen molar-refractivity contribution in [3.05, 3.63) is 48.6 Å². The molecule has 1 N–H and O–H groups in total. The Balaban J connectivity index is 1.40. The van der Waals surface area contributed by atoms with E-state index in [0.717, 1.165) is 5.52 Å². The Morgan fingerprint density at radius 2 is 2.00 bits per heavy atom. The fourth-order valence-corrected chi connectivity index (χ4v) is 5.81. The number of aliphatic hydroxyl groups is 1. The molecule has 2 saturated heterocycles. The Morgan fingerprint density at radius 3 is 2.86 bits per heavy atom. The molecular weight excluding hydrogens is 454 g/mol. The molecule has 1 unspecified atom stereocenters. The first-order valence-electron chi connectivity index (χ1n) is 11.7. The molecule has 1 spiro atoms. The second-order valence-corrected chi connectivity index (χ2v) is 9.16. The molecule has 2 aromatic rings. The number of likely N-dealkylation sites (tertiary alicyclic amines) is 1. The van der Waals surface area contributed by atoms with Gasteiger partial charge in [-0.15, -0.1) is 5.10 Å². The highest BCUT2D eigenvalue weighted by molar-refractivity contribution is 5.99. The van der Waals surface area contributed by atoms with Crippen molar-refractivity contribution < 1.29 is 29.0 Å². The number of carbonyl (C=O) groups is 3. The molecule has 5 atom stereocenters. The number of para-hydroxylation sites is 1. The van der Waals surface area contributed by atoms with E-state index in [1.54, 1.807) is 27.8 Å². The second-order valence-electron chi connectivity index (χ2n) is 9.16. The first-order valence-corrected chi connectivity index (χ1v) is 11.7. The van der Waals surface area contributed by atoms with Crippen molar-refractivity contribution >= 4 is 28.8 Å². The van der Waals surface area contributed by atoms with Crippen molar-refractivity contribution in [1.29, 1.82) is 0 Å². The highest BCUT2D eigenvalue weighted by Crippen LogP contribution is 2.53. The summed E-state index contributed by atoms with van der Waals surface area (Å²) in [6, 6.07) is 6.42. The lowest BCUT2D eigenvalue weighted by atomic mass is 9.78. The summed E-state index contributed by atoms with van der Waals surface area (Å²) in [6.07, 6.45) is 7.09. The topological polar surface area (TPSA) is 127 Å². The van der Waals surface area contributed by atoms with Crippen molar-refractivity contribution in [3.63, 3.8) is 0 Å². The van der Waals surface area contributed by atoms with Gasteiger partial charge in [0.15, 0.2) is 0 Å². The average molecular weight is 479 g/mol. The molecule has 0 saturated carbocycles. The van der Waals surface area contributed by atoms with Crippen molar-refractivity contribution in [2.45, 2.75) is 30.8 Å². The zero-order chi connectivity index (χ0) is 24.2. The van der Waals surface area contributed by atoms with Crippen molar-refractivity contribution in [2.24, 2.45) is 11.8 Å². The summed E-state index contributed by atoms with van der Waals surface area (Å²) in [5, 5.41) is 18.1. The number of hydrogen-bond donors (Lipinski definition) is 1. The number of aliphatic hydroxyl groups excluding tert-OH is 1. The monoisotopic (exact) mass is 479 g/mol. The molecule has 0 aliphatic carbocycles. The number of esters is 1. The van der Waals surface area contributed by atoms with Crippen molar-refractivity contribution in [2.75, 3.05) is 26.3 Å². The number of ether oxygens (including phenoxy) is 2. The smallest absolute Gasteiger partial charge is 0.312 e. The molecule has 11 nitrogen and oxygen atoms in total. The number of β-amino-alcohol motifs (C(OH)–C–C–N with tert-alkyl or cyclic N) is 1. The molecular formula is C24H25N5O6. The summed E-state index contributed by atoms with van der Waals surface area (Å²) in [4.78, 5) is 43.6. The van der Waals surface area contributed by atoms with E-state index in [-0.39, 0.29) is 38.9 Å². The Hall–Kier alpha value is -3.57. The molecule has 11 heteroatoms. The predicted octanol–water partition coefficient (Wildman–Crippen LogP) is -0.137. The minimum atomic E-state index is -1.34. The second kappa shape index (κ2) is 8.28. The van der Waals surface area contributed by atoms with Crippen LogP contribution in [0.25, 0.3) is 11.0 Å². The third-order valence-electron chi connectivity index (χ3n) is 7.27. The van der Waals surface area contributed by atoms with E-state index in [1.807, 2.05) is 30.3 Å². The number of aromatic nitrogens is 3. The summed E-state index contributed by atoms with van der Waals surface area (Å²) in [7, 11) is 0. The Labute approximate surface area is 200 Å². The molecule has 1 aromatic carbocycles. The number of rotatable bonds is 4. The fourth-order valence-electron chi connectivity index (χ4n) is 5.81. The van der Waals surface area contributed by atoms with Gasteiger partial charge in [-0.1, -0.05) is 41.7 Å². The Bertz CT molecular complexity index is 1260. The van der Waals surface area contributed by atoms with Gasteiger partial charge in [0.2, 0.25) is 5.91 Å². The minimum Gasteiger partial charge on any atom is -0.465 e. The van der Waals surface area contributed by atoms with Crippen LogP contribution in [-0.4, -0.2) is 91.7 Å². The van der Waals surface area contributed by atoms with Gasteiger partial charge in [-0.25, -0.2) is 4.68 Å². The molecule has 4 aliphatic rings. The van der Waals surface area contributed by atoms with E-state index < -0.39 is 41.5 Å². The largest absolute Gasteiger partial charge is 0.465 e. The van der Waals surface area contributed by atoms with Gasteiger partial charge in [0.25, 0.3) is 5.91 Å². The molecule has 0 radical (unpaired) electrons. The average Bonchev–Trinajstić information content (AvgIpc) is 3.43. The van der Waals surface area contributed by atoms with Crippen molar-refractivity contribution in [3.8, 4) is 0 Å². The van der Waals surface area contributed by atoms with Gasteiger partial charge in [-0.05, 0) is 18.6 Å². The van der Waals surface area contributed by atoms with E-state index in [2.05, 4.69) is 10.3 Å². The summed E-state index contributed by atoms with van der Waals surface area (Å²) in [5.74, 6) is -3.03. The molecule has 0 bridgehead atoms. The van der Waals surface area contributed by atoms with Gasteiger partial charge in [-0.3, -0.25) is 14.4 Å². The third-order valence-corrected chi connectivity index (χ3v) is 7.27. The van der Waals surface area contributed by atoms with E-state index >= 15 is 0 Å². The number of cyclic esters (lactones) is 1. The Kier molecular flexibility index (Phi) is 5.19. The Morgan fingerprint density at radius 1 is 1.14 bits per heavy atom. The first-order chi connectivity index (χ1) is 17.0. The van der Waals surface area contributed by atoms with Crippen LogP contribution in [-0.2, 0) is 30.5 Å². The van der Waals surface area contributed by atoms with E-state index in [4.69, 9.17) is 9.47 Å². The normalized spacial score (nSPS) is 32.2. The number of amides is 2. The molecule has 2 amide bonds. The number of benzene rings is 1. The minimum absolute atomic E-state index is 0.0486. The first kappa shape index (κ1) is 21.9. The zero-order valence-electron chi connectivity index (χ0n) is 18.9. The zero-order valence-corrected chi connectivity index (χ0v) is 18.9. The van der Waals surface area contributed by atoms with Gasteiger partial charge in [0, 0.05) is 13.1 Å². The molecule has 182 valence electrons. The SMILES string of the molecule is O=C1OCCC=C[C@@H]2O[C@]34C=CCN(Cn5nnc6ccccc65)C(=O)C3N(CCO)C(=O)[C@@H]4[C@H]12. The van der Waals surface area contributed by atoms with Gasteiger partial charge < -0.3 is 24.4 Å². The van der Waals surface area contributed by atoms with Crippen LogP contribution < -0.4 is 0 Å². The molecule has 6 rings (SSSR count). The summed E-state index contributed by atoms with van der Waals surface area (Å²) in [6.45, 7) is 0.237. The lowest BCUT2D eigenvalue weighted by molar-refractivity contribution is -0.155. The van der Waals surface area contributed by atoms with Crippen LogP contribution in [0.3, 0.4) is 0 Å². The lowest BCUT2D eigenvalue weighted by Crippen LogP contribution is -2.55. The number of nitrogens with zero attached hydrogens (tertiary/aromatic N) is 5. The quantitative estimate of drug-likeness (QED) is 0.474. The van der Waals surface area contributed by atoms with E-state index in [0.29, 0.717) is 11.9 Å². The van der Waals surface area contributed by atoms with Crippen LogP contribution in [0.15, 0.2) is 48.6 Å². The highest BCUT2D eigenvalue weighted by atomic mass is 16.6. The molecule has 5 heterocycles. The van der Waals surface area contributed by atoms with Crippen LogP contribution in [0.2, 0.25) is 0 Å². The van der Waals surface area contributed by atoms with Crippen LogP contribution in [0.5, 0.6) is 0 Å². The maximum absolute atomic E-state index is 14.0.